The first-order valence-electron chi connectivity index (χ1n) is 22.1. The third-order valence-corrected chi connectivity index (χ3v) is 17.8. The van der Waals surface area contributed by atoms with Crippen LogP contribution in [0, 0.1) is 0 Å². The van der Waals surface area contributed by atoms with Crippen LogP contribution < -0.4 is 0 Å². The van der Waals surface area contributed by atoms with Crippen LogP contribution in [0.1, 0.15) is 73.6 Å². The van der Waals surface area contributed by atoms with E-state index in [0.29, 0.717) is 22.8 Å². The van der Waals surface area contributed by atoms with Crippen LogP contribution in [-0.4, -0.2) is 82.9 Å². The quantitative estimate of drug-likeness (QED) is 0.186. The molecular formula is C48H40Br4N4O12S4. The van der Waals surface area contributed by atoms with Crippen LogP contribution >= 0.6 is 63.7 Å². The third-order valence-electron chi connectivity index (χ3n) is 12.4. The molecular weight excluding hydrogens is 1270 g/mol. The topological polar surface area (TPSA) is 223 Å². The van der Waals surface area contributed by atoms with Gasteiger partial charge in [0.15, 0.2) is 0 Å². The lowest BCUT2D eigenvalue weighted by Crippen LogP contribution is -2.15. The maximum Gasteiger partial charge on any atom is 0.381 e. The predicted molar refractivity (Wildman–Crippen MR) is 287 cm³/mol. The zero-order valence-corrected chi connectivity index (χ0v) is 47.2. The summed E-state index contributed by atoms with van der Waals surface area (Å²) in [5, 5.41) is 0. The van der Waals surface area contributed by atoms with Gasteiger partial charge in [0, 0.05) is 40.1 Å². The smallest absolute Gasteiger partial charge is 0.248 e. The average Bonchev–Trinajstić information content (AvgIpc) is 3.53. The largest absolute Gasteiger partial charge is 0.381 e. The van der Waals surface area contributed by atoms with E-state index in [-0.39, 0.29) is 26.4 Å². The van der Waals surface area contributed by atoms with Crippen LogP contribution in [0.2, 0.25) is 0 Å². The van der Waals surface area contributed by atoms with E-state index in [1.165, 1.54) is 0 Å². The summed E-state index contributed by atoms with van der Waals surface area (Å²) >= 11 is 13.4. The van der Waals surface area contributed by atoms with E-state index in [1.54, 1.807) is 0 Å². The molecule has 4 aromatic carbocycles. The van der Waals surface area contributed by atoms with E-state index >= 15 is 0 Å². The molecule has 72 heavy (non-hydrogen) atoms. The molecule has 16 nitrogen and oxygen atoms in total. The van der Waals surface area contributed by atoms with Crippen LogP contribution in [-0.2, 0) is 57.9 Å². The number of nitrogens with zero attached hydrogens (tertiary/aromatic N) is 4. The van der Waals surface area contributed by atoms with Gasteiger partial charge in [0.2, 0.25) is 0 Å². The highest BCUT2D eigenvalue weighted by Crippen LogP contribution is 2.38. The van der Waals surface area contributed by atoms with Gasteiger partial charge in [-0.15, -0.1) is 17.6 Å². The zero-order valence-electron chi connectivity index (χ0n) is 37.6. The van der Waals surface area contributed by atoms with Crippen LogP contribution in [0.25, 0.3) is 0 Å². The van der Waals surface area contributed by atoms with Crippen molar-refractivity contribution < 1.29 is 50.4 Å². The summed E-state index contributed by atoms with van der Waals surface area (Å²) in [4.78, 5) is 0. The molecule has 0 atom stereocenters. The summed E-state index contributed by atoms with van der Waals surface area (Å²) < 4.78 is 131. The first kappa shape index (κ1) is 52.9. The molecule has 0 unspecified atom stereocenters. The number of halogens is 4. The Hall–Kier alpha value is -3.92. The summed E-state index contributed by atoms with van der Waals surface area (Å²) in [6, 6.07) is 29.8. The van der Waals surface area contributed by atoms with Gasteiger partial charge < -0.3 is 0 Å². The lowest BCUT2D eigenvalue weighted by molar-refractivity contribution is 0.341. The number of allylic oxidation sites excluding steroid dienone is 4. The summed E-state index contributed by atoms with van der Waals surface area (Å²) in [7, 11) is -15.3. The Morgan fingerprint density at radius 1 is 0.292 bits per heavy atom. The van der Waals surface area contributed by atoms with Crippen molar-refractivity contribution in [3.63, 3.8) is 0 Å². The van der Waals surface area contributed by atoms with Crippen molar-refractivity contribution in [1.82, 2.24) is 0 Å². The van der Waals surface area contributed by atoms with Gasteiger partial charge >= 0.3 is 41.2 Å². The highest BCUT2D eigenvalue weighted by Gasteiger charge is 2.33. The Morgan fingerprint density at radius 2 is 0.472 bits per heavy atom. The van der Waals surface area contributed by atoms with Gasteiger partial charge in [0.05, 0.1) is 49.3 Å². The molecule has 12 rings (SSSR count). The molecule has 4 heterocycles. The van der Waals surface area contributed by atoms with E-state index in [0.717, 1.165) is 136 Å². The first-order chi connectivity index (χ1) is 34.2. The fourth-order valence-corrected chi connectivity index (χ4v) is 12.4. The summed E-state index contributed by atoms with van der Waals surface area (Å²) in [6.07, 6.45) is 7.01. The Labute approximate surface area is 451 Å². The standard InChI is InChI=1S/4C12H10BrNO3S/c4*13-10-4-1-8(2-5-10)12-11-6-3-9(11)7-17-18(15,16)14-12/h4*1-2,4-5H,3,6-7H2. The van der Waals surface area contributed by atoms with E-state index in [2.05, 4.69) is 81.3 Å². The van der Waals surface area contributed by atoms with Crippen molar-refractivity contribution in [2.45, 2.75) is 51.4 Å². The van der Waals surface area contributed by atoms with Crippen molar-refractivity contribution in [2.75, 3.05) is 26.4 Å². The minimum atomic E-state index is -3.82. The highest BCUT2D eigenvalue weighted by molar-refractivity contribution is 9.11. The normalized spacial score (nSPS) is 21.7. The number of rotatable bonds is 4. The zero-order chi connectivity index (χ0) is 51.0. The van der Waals surface area contributed by atoms with Crippen molar-refractivity contribution in [2.24, 2.45) is 17.6 Å². The van der Waals surface area contributed by atoms with Gasteiger partial charge in [-0.25, -0.2) is 16.7 Å². The third kappa shape index (κ3) is 12.8. The molecule has 8 aliphatic rings. The first-order valence-corrected chi connectivity index (χ1v) is 30.7. The monoisotopic (exact) mass is 1310 g/mol. The maximum absolute atomic E-state index is 11.6. The van der Waals surface area contributed by atoms with Crippen LogP contribution in [0.5, 0.6) is 0 Å². The van der Waals surface area contributed by atoms with Gasteiger partial charge in [0.25, 0.3) is 0 Å². The fraction of sp³-hybridized carbons (Fsp3) is 0.250. The molecule has 0 bridgehead atoms. The summed E-state index contributed by atoms with van der Waals surface area (Å²) in [5.74, 6) is 0. The SMILES string of the molecule is O=S1(=O)N=C(c2ccc(Br)cc2)C2=C(CC2)CO1.O=S1(=O)N=C(c2ccc(Br)cc2)C2=C(CC2)CO1.O=S1(=O)N=C(c2ccc(Br)cc2)C2=C(CC2)CO1.O=S1(=O)N=C(c2ccc(Br)cc2)C2=C(CC2)CO1. The van der Waals surface area contributed by atoms with E-state index < -0.39 is 41.2 Å². The highest BCUT2D eigenvalue weighted by atomic mass is 79.9. The van der Waals surface area contributed by atoms with Gasteiger partial charge in [-0.2, -0.15) is 33.7 Å². The van der Waals surface area contributed by atoms with E-state index in [9.17, 15) is 33.7 Å². The lowest BCUT2D eigenvalue weighted by atomic mass is 9.83. The molecule has 0 saturated heterocycles. The Balaban J connectivity index is 0.000000119. The molecule has 4 aliphatic heterocycles. The second-order valence-electron chi connectivity index (χ2n) is 16.9. The number of hydrogen-bond donors (Lipinski definition) is 0. The molecule has 4 aliphatic carbocycles. The van der Waals surface area contributed by atoms with Crippen molar-refractivity contribution >= 4 is 128 Å². The van der Waals surface area contributed by atoms with Gasteiger partial charge in [-0.3, -0.25) is 0 Å². The molecule has 0 aromatic heterocycles. The molecule has 0 amide bonds. The molecule has 0 saturated carbocycles. The Bertz CT molecular complexity index is 3110. The van der Waals surface area contributed by atoms with Crippen LogP contribution in [0.4, 0.5) is 0 Å². The van der Waals surface area contributed by atoms with Crippen LogP contribution in [0.15, 0.2) is 177 Å². The number of benzene rings is 4. The minimum absolute atomic E-state index is 0.140. The fourth-order valence-electron chi connectivity index (χ4n) is 8.18. The van der Waals surface area contributed by atoms with E-state index in [1.807, 2.05) is 97.1 Å². The number of hydrogen-bond acceptors (Lipinski definition) is 12. The van der Waals surface area contributed by atoms with Crippen molar-refractivity contribution in [3.8, 4) is 0 Å². The van der Waals surface area contributed by atoms with Gasteiger partial charge in [-0.05, 0) is 144 Å². The lowest BCUT2D eigenvalue weighted by Gasteiger charge is -2.22. The van der Waals surface area contributed by atoms with E-state index in [4.69, 9.17) is 16.7 Å². The van der Waals surface area contributed by atoms with Crippen LogP contribution in [0.3, 0.4) is 0 Å². The molecule has 4 aromatic rings. The Kier molecular flexibility index (Phi) is 16.0. The summed E-state index contributed by atoms with van der Waals surface area (Å²) in [6.45, 7) is 0.560. The molecule has 0 radical (unpaired) electrons. The molecule has 0 spiro atoms. The minimum Gasteiger partial charge on any atom is -0.248 e. The maximum atomic E-state index is 11.6. The predicted octanol–water partition coefficient (Wildman–Crippen LogP) is 10.4. The molecule has 376 valence electrons. The molecule has 0 N–H and O–H groups in total. The van der Waals surface area contributed by atoms with Crippen molar-refractivity contribution in [1.29, 1.82) is 0 Å². The molecule has 0 fully saturated rings. The summed E-state index contributed by atoms with van der Waals surface area (Å²) in [5.41, 5.74) is 13.5. The van der Waals surface area contributed by atoms with Crippen molar-refractivity contribution in [3.05, 3.63) is 182 Å². The molecule has 24 heteroatoms. The Morgan fingerprint density at radius 3 is 0.625 bits per heavy atom. The average molecular weight is 1310 g/mol. The second-order valence-corrected chi connectivity index (χ2v) is 25.6. The van der Waals surface area contributed by atoms with Gasteiger partial charge in [-0.1, -0.05) is 112 Å². The van der Waals surface area contributed by atoms with Gasteiger partial charge in [0.1, 0.15) is 0 Å². The second kappa shape index (κ2) is 21.7.